The van der Waals surface area contributed by atoms with E-state index in [-0.39, 0.29) is 0 Å². The summed E-state index contributed by atoms with van der Waals surface area (Å²) in [6.07, 6.45) is 0. The Labute approximate surface area is 113 Å². The molecule has 3 heteroatoms. The SMILES string of the molecule is CC(C)C1CNCCN1Cc1cccc(Br)c1. The highest BCUT2D eigenvalue weighted by molar-refractivity contribution is 9.10. The van der Waals surface area contributed by atoms with Gasteiger partial charge in [-0.2, -0.15) is 0 Å². The van der Waals surface area contributed by atoms with E-state index < -0.39 is 0 Å². The first kappa shape index (κ1) is 13.1. The van der Waals surface area contributed by atoms with Crippen molar-refractivity contribution in [1.82, 2.24) is 10.2 Å². The second-order valence-corrected chi connectivity index (χ2v) is 6.03. The molecular formula is C14H21BrN2. The highest BCUT2D eigenvalue weighted by Crippen LogP contribution is 2.18. The molecule has 17 heavy (non-hydrogen) atoms. The molecule has 1 aliphatic rings. The maximum absolute atomic E-state index is 3.54. The first-order valence-electron chi connectivity index (χ1n) is 6.36. The Bertz CT molecular complexity index is 365. The molecule has 2 nitrogen and oxygen atoms in total. The Kier molecular flexibility index (Phi) is 4.60. The highest BCUT2D eigenvalue weighted by Gasteiger charge is 2.24. The van der Waals surface area contributed by atoms with Crippen molar-refractivity contribution in [2.45, 2.75) is 26.4 Å². The van der Waals surface area contributed by atoms with Crippen LogP contribution in [-0.4, -0.2) is 30.6 Å². The van der Waals surface area contributed by atoms with Crippen molar-refractivity contribution < 1.29 is 0 Å². The molecule has 1 heterocycles. The van der Waals surface area contributed by atoms with Gasteiger partial charge in [0.05, 0.1) is 0 Å². The second-order valence-electron chi connectivity index (χ2n) is 5.12. The third-order valence-electron chi connectivity index (χ3n) is 3.44. The average molecular weight is 297 g/mol. The van der Waals surface area contributed by atoms with Crippen molar-refractivity contribution in [1.29, 1.82) is 0 Å². The van der Waals surface area contributed by atoms with Crippen LogP contribution in [0.2, 0.25) is 0 Å². The number of hydrogen-bond acceptors (Lipinski definition) is 2. The van der Waals surface area contributed by atoms with E-state index in [0.29, 0.717) is 12.0 Å². The molecule has 0 radical (unpaired) electrons. The van der Waals surface area contributed by atoms with Gasteiger partial charge in [-0.25, -0.2) is 0 Å². The number of benzene rings is 1. The molecular weight excluding hydrogens is 276 g/mol. The zero-order valence-electron chi connectivity index (χ0n) is 10.6. The molecule has 1 N–H and O–H groups in total. The lowest BCUT2D eigenvalue weighted by Gasteiger charge is -2.38. The quantitative estimate of drug-likeness (QED) is 0.923. The van der Waals surface area contributed by atoms with E-state index >= 15 is 0 Å². The number of halogens is 1. The minimum absolute atomic E-state index is 0.655. The third kappa shape index (κ3) is 3.54. The minimum atomic E-state index is 0.655. The molecule has 0 amide bonds. The van der Waals surface area contributed by atoms with Crippen molar-refractivity contribution in [3.05, 3.63) is 34.3 Å². The van der Waals surface area contributed by atoms with Gasteiger partial charge in [-0.3, -0.25) is 4.90 Å². The molecule has 0 aromatic heterocycles. The molecule has 1 aromatic rings. The van der Waals surface area contributed by atoms with Gasteiger partial charge in [0, 0.05) is 36.7 Å². The van der Waals surface area contributed by atoms with E-state index in [1.807, 2.05) is 0 Å². The zero-order valence-corrected chi connectivity index (χ0v) is 12.2. The Morgan fingerprint density at radius 3 is 3.00 bits per heavy atom. The average Bonchev–Trinajstić information content (AvgIpc) is 2.29. The molecule has 0 saturated carbocycles. The third-order valence-corrected chi connectivity index (χ3v) is 3.94. The van der Waals surface area contributed by atoms with Crippen LogP contribution in [0.15, 0.2) is 28.7 Å². The number of nitrogens with zero attached hydrogens (tertiary/aromatic N) is 1. The van der Waals surface area contributed by atoms with Crippen LogP contribution in [0.1, 0.15) is 19.4 Å². The predicted molar refractivity (Wildman–Crippen MR) is 76.0 cm³/mol. The van der Waals surface area contributed by atoms with Crippen molar-refractivity contribution in [3.63, 3.8) is 0 Å². The van der Waals surface area contributed by atoms with Gasteiger partial charge in [0.2, 0.25) is 0 Å². The summed E-state index contributed by atoms with van der Waals surface area (Å²) in [5.74, 6) is 0.704. The Hall–Kier alpha value is -0.380. The maximum atomic E-state index is 3.54. The molecule has 0 bridgehead atoms. The molecule has 1 unspecified atom stereocenters. The normalized spacial score (nSPS) is 22.0. The lowest BCUT2D eigenvalue weighted by molar-refractivity contribution is 0.117. The largest absolute Gasteiger partial charge is 0.314 e. The first-order chi connectivity index (χ1) is 8.16. The van der Waals surface area contributed by atoms with Crippen molar-refractivity contribution in [2.24, 2.45) is 5.92 Å². The molecule has 1 atom stereocenters. The number of piperazine rings is 1. The standard InChI is InChI=1S/C14H21BrN2/c1-11(2)14-9-16-6-7-17(14)10-12-4-3-5-13(15)8-12/h3-5,8,11,14,16H,6-7,9-10H2,1-2H3. The summed E-state index contributed by atoms with van der Waals surface area (Å²) in [7, 11) is 0. The molecule has 0 aliphatic carbocycles. The summed E-state index contributed by atoms with van der Waals surface area (Å²) in [6, 6.07) is 9.29. The Balaban J connectivity index is 2.05. The Morgan fingerprint density at radius 1 is 1.47 bits per heavy atom. The van der Waals surface area contributed by atoms with Crippen LogP contribution >= 0.6 is 15.9 Å². The topological polar surface area (TPSA) is 15.3 Å². The lowest BCUT2D eigenvalue weighted by Crippen LogP contribution is -2.52. The summed E-state index contributed by atoms with van der Waals surface area (Å²) in [5, 5.41) is 3.49. The van der Waals surface area contributed by atoms with Gasteiger partial charge in [-0.15, -0.1) is 0 Å². The van der Waals surface area contributed by atoms with Gasteiger partial charge in [0.1, 0.15) is 0 Å². The summed E-state index contributed by atoms with van der Waals surface area (Å²) in [6.45, 7) is 9.05. The van der Waals surface area contributed by atoms with E-state index in [9.17, 15) is 0 Å². The van der Waals surface area contributed by atoms with Gasteiger partial charge in [0.15, 0.2) is 0 Å². The van der Waals surface area contributed by atoms with E-state index in [0.717, 1.165) is 26.2 Å². The van der Waals surface area contributed by atoms with E-state index in [2.05, 4.69) is 64.3 Å². The van der Waals surface area contributed by atoms with Crippen LogP contribution in [0.3, 0.4) is 0 Å². The second kappa shape index (κ2) is 5.98. The zero-order chi connectivity index (χ0) is 12.3. The fraction of sp³-hybridized carbons (Fsp3) is 0.571. The van der Waals surface area contributed by atoms with Gasteiger partial charge >= 0.3 is 0 Å². The fourth-order valence-corrected chi connectivity index (χ4v) is 2.94. The molecule has 0 spiro atoms. The lowest BCUT2D eigenvalue weighted by atomic mass is 10.00. The number of nitrogens with one attached hydrogen (secondary N) is 1. The van der Waals surface area contributed by atoms with Crippen molar-refractivity contribution in [2.75, 3.05) is 19.6 Å². The van der Waals surface area contributed by atoms with E-state index in [4.69, 9.17) is 0 Å². The predicted octanol–water partition coefficient (Wildman–Crippen LogP) is 2.88. The summed E-state index contributed by atoms with van der Waals surface area (Å²) < 4.78 is 1.17. The van der Waals surface area contributed by atoms with Crippen LogP contribution in [0.4, 0.5) is 0 Å². The maximum Gasteiger partial charge on any atom is 0.0247 e. The van der Waals surface area contributed by atoms with Gasteiger partial charge < -0.3 is 5.32 Å². The van der Waals surface area contributed by atoms with Crippen LogP contribution in [0.25, 0.3) is 0 Å². The molecule has 1 aromatic carbocycles. The summed E-state index contributed by atoms with van der Waals surface area (Å²) >= 11 is 3.54. The number of rotatable bonds is 3. The molecule has 2 rings (SSSR count). The molecule has 1 fully saturated rings. The van der Waals surface area contributed by atoms with Crippen molar-refractivity contribution in [3.8, 4) is 0 Å². The van der Waals surface area contributed by atoms with E-state index in [1.54, 1.807) is 0 Å². The summed E-state index contributed by atoms with van der Waals surface area (Å²) in [4.78, 5) is 2.60. The minimum Gasteiger partial charge on any atom is -0.314 e. The monoisotopic (exact) mass is 296 g/mol. The van der Waals surface area contributed by atoms with Gasteiger partial charge in [-0.05, 0) is 23.6 Å². The molecule has 1 saturated heterocycles. The van der Waals surface area contributed by atoms with Gasteiger partial charge in [0.25, 0.3) is 0 Å². The number of hydrogen-bond donors (Lipinski definition) is 1. The first-order valence-corrected chi connectivity index (χ1v) is 7.15. The highest BCUT2D eigenvalue weighted by atomic mass is 79.9. The smallest absolute Gasteiger partial charge is 0.0247 e. The summed E-state index contributed by atoms with van der Waals surface area (Å²) in [5.41, 5.74) is 1.40. The van der Waals surface area contributed by atoms with Crippen LogP contribution in [-0.2, 0) is 6.54 Å². The van der Waals surface area contributed by atoms with Crippen LogP contribution in [0, 0.1) is 5.92 Å². The van der Waals surface area contributed by atoms with Crippen LogP contribution in [0.5, 0.6) is 0 Å². The molecule has 1 aliphatic heterocycles. The Morgan fingerprint density at radius 2 is 2.29 bits per heavy atom. The van der Waals surface area contributed by atoms with E-state index in [1.165, 1.54) is 10.0 Å². The molecule has 94 valence electrons. The van der Waals surface area contributed by atoms with Crippen LogP contribution < -0.4 is 5.32 Å². The fourth-order valence-electron chi connectivity index (χ4n) is 2.49. The van der Waals surface area contributed by atoms with Crippen molar-refractivity contribution >= 4 is 15.9 Å². The van der Waals surface area contributed by atoms with Gasteiger partial charge in [-0.1, -0.05) is 41.9 Å².